The number of rotatable bonds is 5. The summed E-state index contributed by atoms with van der Waals surface area (Å²) in [6, 6.07) is 13.6. The Balaban J connectivity index is 2.27. The lowest BCUT2D eigenvalue weighted by Crippen LogP contribution is -2.13. The van der Waals surface area contributed by atoms with E-state index in [9.17, 15) is 13.5 Å². The highest BCUT2D eigenvalue weighted by Crippen LogP contribution is 2.20. The Bertz CT molecular complexity index is 707. The van der Waals surface area contributed by atoms with Crippen LogP contribution in [0.5, 0.6) is 0 Å². The van der Waals surface area contributed by atoms with Crippen molar-refractivity contribution in [1.82, 2.24) is 0 Å². The van der Waals surface area contributed by atoms with Gasteiger partial charge < -0.3 is 5.11 Å². The maximum Gasteiger partial charge on any atom is 0.261 e. The van der Waals surface area contributed by atoms with Crippen LogP contribution in [0.4, 0.5) is 5.69 Å². The topological polar surface area (TPSA) is 66.4 Å². The van der Waals surface area contributed by atoms with Crippen molar-refractivity contribution in [2.45, 2.75) is 31.3 Å². The van der Waals surface area contributed by atoms with Crippen LogP contribution in [0.1, 0.15) is 31.1 Å². The second-order valence-corrected chi connectivity index (χ2v) is 6.59. The minimum atomic E-state index is -3.65. The average Bonchev–Trinajstić information content (AvgIpc) is 2.48. The van der Waals surface area contributed by atoms with Gasteiger partial charge in [-0.3, -0.25) is 4.72 Å². The number of aliphatic hydroxyl groups is 1. The molecule has 0 aliphatic carbocycles. The fraction of sp³-hybridized carbons (Fsp3) is 0.250. The molecule has 0 amide bonds. The van der Waals surface area contributed by atoms with E-state index < -0.39 is 16.1 Å². The van der Waals surface area contributed by atoms with Gasteiger partial charge in [-0.1, -0.05) is 31.2 Å². The summed E-state index contributed by atoms with van der Waals surface area (Å²) in [4.78, 5) is 0.139. The summed E-state index contributed by atoms with van der Waals surface area (Å²) in [7, 11) is -3.65. The summed E-state index contributed by atoms with van der Waals surface area (Å²) in [6.07, 6.45) is 0.202. The van der Waals surface area contributed by atoms with Gasteiger partial charge in [-0.25, -0.2) is 8.42 Å². The van der Waals surface area contributed by atoms with Gasteiger partial charge in [0.1, 0.15) is 0 Å². The molecule has 0 aromatic heterocycles. The summed E-state index contributed by atoms with van der Waals surface area (Å²) in [5.41, 5.74) is 2.24. The van der Waals surface area contributed by atoms with E-state index in [0.29, 0.717) is 11.3 Å². The molecule has 2 aromatic carbocycles. The van der Waals surface area contributed by atoms with Gasteiger partial charge in [0, 0.05) is 5.69 Å². The number of sulfonamides is 1. The second kappa shape index (κ2) is 6.28. The zero-order chi connectivity index (χ0) is 15.5. The molecule has 2 aromatic rings. The summed E-state index contributed by atoms with van der Waals surface area (Å²) in [5, 5.41) is 9.55. The molecule has 2 rings (SSSR count). The molecule has 0 aliphatic heterocycles. The number of aryl methyl sites for hydroxylation is 1. The molecule has 21 heavy (non-hydrogen) atoms. The van der Waals surface area contributed by atoms with Gasteiger partial charge in [-0.2, -0.15) is 0 Å². The van der Waals surface area contributed by atoms with Crippen molar-refractivity contribution in [2.75, 3.05) is 4.72 Å². The van der Waals surface area contributed by atoms with Crippen molar-refractivity contribution in [2.24, 2.45) is 0 Å². The lowest BCUT2D eigenvalue weighted by Gasteiger charge is -2.11. The molecule has 4 nitrogen and oxygen atoms in total. The van der Waals surface area contributed by atoms with Crippen molar-refractivity contribution in [1.29, 1.82) is 0 Å². The first kappa shape index (κ1) is 15.5. The maximum absolute atomic E-state index is 12.3. The number of aliphatic hydroxyl groups excluding tert-OH is 1. The third-order valence-corrected chi connectivity index (χ3v) is 4.64. The van der Waals surface area contributed by atoms with Gasteiger partial charge in [0.25, 0.3) is 10.0 Å². The Morgan fingerprint density at radius 2 is 1.81 bits per heavy atom. The quantitative estimate of drug-likeness (QED) is 0.892. The zero-order valence-corrected chi connectivity index (χ0v) is 12.9. The van der Waals surface area contributed by atoms with E-state index in [-0.39, 0.29) is 4.90 Å². The fourth-order valence-electron chi connectivity index (χ4n) is 1.96. The summed E-state index contributed by atoms with van der Waals surface area (Å²) in [5.74, 6) is 0. The lowest BCUT2D eigenvalue weighted by atomic mass is 10.1. The van der Waals surface area contributed by atoms with Crippen LogP contribution in [0.3, 0.4) is 0 Å². The normalized spacial score (nSPS) is 12.9. The molecule has 0 saturated carbocycles. The summed E-state index contributed by atoms with van der Waals surface area (Å²) < 4.78 is 27.2. The Morgan fingerprint density at radius 1 is 1.14 bits per heavy atom. The number of benzene rings is 2. The van der Waals surface area contributed by atoms with E-state index in [0.717, 1.165) is 12.0 Å². The number of nitrogens with one attached hydrogen (secondary N) is 1. The standard InChI is InChI=1S/C16H19NO3S/c1-3-13-7-9-15(10-8-13)17-21(19,20)16-6-4-5-14(11-16)12(2)18/h4-12,17-18H,3H2,1-2H3. The summed E-state index contributed by atoms with van der Waals surface area (Å²) >= 11 is 0. The van der Waals surface area contributed by atoms with E-state index in [2.05, 4.69) is 4.72 Å². The van der Waals surface area contributed by atoms with Crippen LogP contribution in [0, 0.1) is 0 Å². The first-order chi connectivity index (χ1) is 9.92. The van der Waals surface area contributed by atoms with E-state index in [1.807, 2.05) is 19.1 Å². The first-order valence-corrected chi connectivity index (χ1v) is 8.30. The van der Waals surface area contributed by atoms with Gasteiger partial charge >= 0.3 is 0 Å². The molecule has 0 radical (unpaired) electrons. The molecule has 0 bridgehead atoms. The van der Waals surface area contributed by atoms with Gasteiger partial charge in [-0.05, 0) is 48.7 Å². The summed E-state index contributed by atoms with van der Waals surface area (Å²) in [6.45, 7) is 3.64. The van der Waals surface area contributed by atoms with Crippen LogP contribution >= 0.6 is 0 Å². The smallest absolute Gasteiger partial charge is 0.261 e. The van der Waals surface area contributed by atoms with E-state index in [1.54, 1.807) is 31.2 Å². The molecule has 0 spiro atoms. The number of hydrogen-bond donors (Lipinski definition) is 2. The highest BCUT2D eigenvalue weighted by atomic mass is 32.2. The van der Waals surface area contributed by atoms with Crippen molar-refractivity contribution in [3.8, 4) is 0 Å². The van der Waals surface area contributed by atoms with Crippen molar-refractivity contribution in [3.63, 3.8) is 0 Å². The highest BCUT2D eigenvalue weighted by molar-refractivity contribution is 7.92. The molecule has 0 heterocycles. The SMILES string of the molecule is CCc1ccc(NS(=O)(=O)c2cccc(C(C)O)c2)cc1. The predicted molar refractivity (Wildman–Crippen MR) is 83.7 cm³/mol. The Kier molecular flexibility index (Phi) is 4.65. The fourth-order valence-corrected chi connectivity index (χ4v) is 3.08. The van der Waals surface area contributed by atoms with Crippen LogP contribution in [0.2, 0.25) is 0 Å². The first-order valence-electron chi connectivity index (χ1n) is 6.82. The Morgan fingerprint density at radius 3 is 2.38 bits per heavy atom. The van der Waals surface area contributed by atoms with Crippen molar-refractivity contribution >= 4 is 15.7 Å². The van der Waals surface area contributed by atoms with Crippen molar-refractivity contribution in [3.05, 3.63) is 59.7 Å². The van der Waals surface area contributed by atoms with E-state index in [4.69, 9.17) is 0 Å². The Hall–Kier alpha value is -1.85. The van der Waals surface area contributed by atoms with E-state index in [1.165, 1.54) is 12.1 Å². The van der Waals surface area contributed by atoms with Gasteiger partial charge in [-0.15, -0.1) is 0 Å². The zero-order valence-electron chi connectivity index (χ0n) is 12.1. The third-order valence-electron chi connectivity index (χ3n) is 3.27. The minimum absolute atomic E-state index is 0.139. The van der Waals surface area contributed by atoms with E-state index >= 15 is 0 Å². The molecule has 112 valence electrons. The maximum atomic E-state index is 12.3. The predicted octanol–water partition coefficient (Wildman–Crippen LogP) is 3.10. The third kappa shape index (κ3) is 3.83. The molecular formula is C16H19NO3S. The monoisotopic (exact) mass is 305 g/mol. The molecule has 0 saturated heterocycles. The van der Waals surface area contributed by atoms with Gasteiger partial charge in [0.15, 0.2) is 0 Å². The van der Waals surface area contributed by atoms with Crippen LogP contribution in [-0.2, 0) is 16.4 Å². The second-order valence-electron chi connectivity index (χ2n) is 4.90. The molecule has 0 aliphatic rings. The van der Waals surface area contributed by atoms with Crippen LogP contribution in [0.25, 0.3) is 0 Å². The number of hydrogen-bond acceptors (Lipinski definition) is 3. The molecule has 2 N–H and O–H groups in total. The van der Waals surface area contributed by atoms with Gasteiger partial charge in [0.05, 0.1) is 11.0 Å². The van der Waals surface area contributed by atoms with Crippen LogP contribution < -0.4 is 4.72 Å². The largest absolute Gasteiger partial charge is 0.389 e. The van der Waals surface area contributed by atoms with Crippen molar-refractivity contribution < 1.29 is 13.5 Å². The lowest BCUT2D eigenvalue weighted by molar-refractivity contribution is 0.199. The Labute approximate surface area is 125 Å². The molecule has 1 atom stereocenters. The average molecular weight is 305 g/mol. The van der Waals surface area contributed by atoms with Crippen LogP contribution in [0.15, 0.2) is 53.4 Å². The molecule has 0 fully saturated rings. The minimum Gasteiger partial charge on any atom is -0.389 e. The molecule has 5 heteroatoms. The molecular weight excluding hydrogens is 286 g/mol. The highest BCUT2D eigenvalue weighted by Gasteiger charge is 2.15. The van der Waals surface area contributed by atoms with Crippen LogP contribution in [-0.4, -0.2) is 13.5 Å². The molecule has 1 unspecified atom stereocenters. The van der Waals surface area contributed by atoms with Gasteiger partial charge in [0.2, 0.25) is 0 Å². The number of anilines is 1.